The summed E-state index contributed by atoms with van der Waals surface area (Å²) in [6.07, 6.45) is 5.82. The highest BCUT2D eigenvalue weighted by molar-refractivity contribution is 7.89. The molecule has 1 amide bonds. The lowest BCUT2D eigenvalue weighted by Crippen LogP contribution is -2.24. The maximum absolute atomic E-state index is 12.2. The third kappa shape index (κ3) is 6.19. The lowest BCUT2D eigenvalue weighted by molar-refractivity contribution is -0.148. The van der Waals surface area contributed by atoms with Gasteiger partial charge in [-0.25, -0.2) is 12.7 Å². The van der Waals surface area contributed by atoms with Crippen LogP contribution in [0.2, 0.25) is 5.02 Å². The molecule has 150 valence electrons. The predicted molar refractivity (Wildman–Crippen MR) is 103 cm³/mol. The summed E-state index contributed by atoms with van der Waals surface area (Å²) in [5.74, 6) is -0.642. The standard InChI is InChI=1S/C18H25ClN2O5S/c1-21(2)27(24,25)14-8-9-15(19)16(11-14)20-17(22)12-26-18(23)10-13-6-4-3-5-7-13/h8-9,11,13H,3-7,10,12H2,1-2H3,(H,20,22). The highest BCUT2D eigenvalue weighted by atomic mass is 35.5. The average molecular weight is 417 g/mol. The fraction of sp³-hybridized carbons (Fsp3) is 0.556. The molecule has 0 radical (unpaired) electrons. The molecule has 1 N–H and O–H groups in total. The monoisotopic (exact) mass is 416 g/mol. The molecule has 1 aromatic carbocycles. The van der Waals surface area contributed by atoms with Gasteiger partial charge in [-0.05, 0) is 37.0 Å². The van der Waals surface area contributed by atoms with Gasteiger partial charge in [-0.3, -0.25) is 9.59 Å². The largest absolute Gasteiger partial charge is 0.456 e. The first-order chi connectivity index (χ1) is 12.7. The van der Waals surface area contributed by atoms with Gasteiger partial charge in [-0.1, -0.05) is 30.9 Å². The van der Waals surface area contributed by atoms with Gasteiger partial charge in [0.15, 0.2) is 6.61 Å². The lowest BCUT2D eigenvalue weighted by atomic mass is 9.87. The molecule has 9 heteroatoms. The van der Waals surface area contributed by atoms with Crippen molar-refractivity contribution in [1.29, 1.82) is 0 Å². The van der Waals surface area contributed by atoms with Crippen molar-refractivity contribution < 1.29 is 22.7 Å². The number of esters is 1. The van der Waals surface area contributed by atoms with E-state index in [0.29, 0.717) is 12.3 Å². The summed E-state index contributed by atoms with van der Waals surface area (Å²) in [7, 11) is -0.835. The predicted octanol–water partition coefficient (Wildman–Crippen LogP) is 3.04. The summed E-state index contributed by atoms with van der Waals surface area (Å²) in [5, 5.41) is 2.68. The molecule has 1 aliphatic carbocycles. The molecule has 0 spiro atoms. The number of rotatable bonds is 7. The summed E-state index contributed by atoms with van der Waals surface area (Å²) in [6, 6.07) is 4.03. The summed E-state index contributed by atoms with van der Waals surface area (Å²) >= 11 is 6.03. The summed E-state index contributed by atoms with van der Waals surface area (Å²) < 4.78 is 30.5. The van der Waals surface area contributed by atoms with E-state index in [0.717, 1.165) is 30.0 Å². The van der Waals surface area contributed by atoms with E-state index in [-0.39, 0.29) is 15.6 Å². The first-order valence-electron chi connectivity index (χ1n) is 8.87. The number of sulfonamides is 1. The van der Waals surface area contributed by atoms with Crippen molar-refractivity contribution in [2.24, 2.45) is 5.92 Å². The minimum atomic E-state index is -3.66. The van der Waals surface area contributed by atoms with Crippen LogP contribution >= 0.6 is 11.6 Å². The molecule has 7 nitrogen and oxygen atoms in total. The zero-order chi connectivity index (χ0) is 20.0. The van der Waals surface area contributed by atoms with Crippen LogP contribution < -0.4 is 5.32 Å². The van der Waals surface area contributed by atoms with Crippen LogP contribution in [0.3, 0.4) is 0 Å². The number of nitrogens with zero attached hydrogens (tertiary/aromatic N) is 1. The number of ether oxygens (including phenoxy) is 1. The molecule has 0 bridgehead atoms. The van der Waals surface area contributed by atoms with Gasteiger partial charge in [0.1, 0.15) is 0 Å². The van der Waals surface area contributed by atoms with Gasteiger partial charge in [0, 0.05) is 20.5 Å². The number of hydrogen-bond acceptors (Lipinski definition) is 5. The number of halogens is 1. The fourth-order valence-electron chi connectivity index (χ4n) is 2.99. The highest BCUT2D eigenvalue weighted by Gasteiger charge is 2.20. The molecule has 0 heterocycles. The normalized spacial score (nSPS) is 15.6. The third-order valence-electron chi connectivity index (χ3n) is 4.53. The van der Waals surface area contributed by atoms with Crippen LogP contribution in [0.1, 0.15) is 38.5 Å². The van der Waals surface area contributed by atoms with Crippen LogP contribution in [0.5, 0.6) is 0 Å². The molecule has 0 unspecified atom stereocenters. The molecule has 1 aliphatic rings. The van der Waals surface area contributed by atoms with Crippen molar-refractivity contribution >= 4 is 39.2 Å². The molecule has 0 aliphatic heterocycles. The fourth-order valence-corrected chi connectivity index (χ4v) is 4.08. The number of carbonyl (C=O) groups is 2. The van der Waals surface area contributed by atoms with Crippen LogP contribution in [0.4, 0.5) is 5.69 Å². The van der Waals surface area contributed by atoms with E-state index in [1.165, 1.54) is 38.7 Å². The van der Waals surface area contributed by atoms with Crippen molar-refractivity contribution in [2.75, 3.05) is 26.0 Å². The molecule has 0 aromatic heterocycles. The molecular weight excluding hydrogens is 392 g/mol. The Kier molecular flexibility index (Phi) is 7.64. The maximum atomic E-state index is 12.2. The second-order valence-electron chi connectivity index (χ2n) is 6.85. The summed E-state index contributed by atoms with van der Waals surface area (Å²) in [6.45, 7) is -0.438. The summed E-state index contributed by atoms with van der Waals surface area (Å²) in [5.41, 5.74) is 0.146. The first kappa shape index (κ1) is 21.7. The zero-order valence-corrected chi connectivity index (χ0v) is 17.1. The highest BCUT2D eigenvalue weighted by Crippen LogP contribution is 2.27. The Hall–Kier alpha value is -1.64. The smallest absolute Gasteiger partial charge is 0.306 e. The quantitative estimate of drug-likeness (QED) is 0.689. The van der Waals surface area contributed by atoms with Gasteiger partial charge in [0.05, 0.1) is 15.6 Å². The third-order valence-corrected chi connectivity index (χ3v) is 6.68. The molecule has 1 aromatic rings. The van der Waals surface area contributed by atoms with Crippen LogP contribution in [0.25, 0.3) is 0 Å². The van der Waals surface area contributed by atoms with Gasteiger partial charge >= 0.3 is 5.97 Å². The minimum absolute atomic E-state index is 0.00138. The Balaban J connectivity index is 1.92. The molecular formula is C18H25ClN2O5S. The number of nitrogens with one attached hydrogen (secondary N) is 1. The minimum Gasteiger partial charge on any atom is -0.456 e. The average Bonchev–Trinajstić information content (AvgIpc) is 2.62. The van der Waals surface area contributed by atoms with Crippen LogP contribution in [-0.4, -0.2) is 45.3 Å². The number of anilines is 1. The molecule has 1 saturated carbocycles. The van der Waals surface area contributed by atoms with E-state index in [2.05, 4.69) is 5.32 Å². The number of carbonyl (C=O) groups excluding carboxylic acids is 2. The van der Waals surface area contributed by atoms with Crippen molar-refractivity contribution in [2.45, 2.75) is 43.4 Å². The number of benzene rings is 1. The molecule has 2 rings (SSSR count). The first-order valence-corrected chi connectivity index (χ1v) is 10.7. The molecule has 0 atom stereocenters. The van der Waals surface area contributed by atoms with Gasteiger partial charge in [-0.2, -0.15) is 0 Å². The summed E-state index contributed by atoms with van der Waals surface area (Å²) in [4.78, 5) is 23.9. The van der Waals surface area contributed by atoms with Crippen molar-refractivity contribution in [3.63, 3.8) is 0 Å². The second-order valence-corrected chi connectivity index (χ2v) is 9.41. The maximum Gasteiger partial charge on any atom is 0.306 e. The van der Waals surface area contributed by atoms with Gasteiger partial charge in [0.25, 0.3) is 5.91 Å². The van der Waals surface area contributed by atoms with Crippen LogP contribution in [-0.2, 0) is 24.3 Å². The van der Waals surface area contributed by atoms with Crippen LogP contribution in [0, 0.1) is 5.92 Å². The van der Waals surface area contributed by atoms with E-state index in [1.54, 1.807) is 0 Å². The second kappa shape index (κ2) is 9.52. The van der Waals surface area contributed by atoms with Crippen molar-refractivity contribution in [3.8, 4) is 0 Å². The Morgan fingerprint density at radius 3 is 2.52 bits per heavy atom. The Morgan fingerprint density at radius 2 is 1.89 bits per heavy atom. The van der Waals surface area contributed by atoms with E-state index in [1.807, 2.05) is 0 Å². The molecule has 0 saturated heterocycles. The van der Waals surface area contributed by atoms with Crippen molar-refractivity contribution in [3.05, 3.63) is 23.2 Å². The topological polar surface area (TPSA) is 92.8 Å². The molecule has 1 fully saturated rings. The molecule has 27 heavy (non-hydrogen) atoms. The Morgan fingerprint density at radius 1 is 1.22 bits per heavy atom. The van der Waals surface area contributed by atoms with Gasteiger partial charge in [0.2, 0.25) is 10.0 Å². The SMILES string of the molecule is CN(C)S(=O)(=O)c1ccc(Cl)c(NC(=O)COC(=O)CC2CCCCC2)c1. The van der Waals surface area contributed by atoms with Crippen LogP contribution in [0.15, 0.2) is 23.1 Å². The van der Waals surface area contributed by atoms with Crippen molar-refractivity contribution in [1.82, 2.24) is 4.31 Å². The van der Waals surface area contributed by atoms with E-state index >= 15 is 0 Å². The van der Waals surface area contributed by atoms with E-state index < -0.39 is 28.5 Å². The Bertz CT molecular complexity index is 789. The zero-order valence-electron chi connectivity index (χ0n) is 15.5. The number of hydrogen-bond donors (Lipinski definition) is 1. The lowest BCUT2D eigenvalue weighted by Gasteiger charge is -2.20. The number of amides is 1. The van der Waals surface area contributed by atoms with Gasteiger partial charge < -0.3 is 10.1 Å². The Labute approximate surface area is 165 Å². The van der Waals surface area contributed by atoms with E-state index in [9.17, 15) is 18.0 Å². The van der Waals surface area contributed by atoms with E-state index in [4.69, 9.17) is 16.3 Å². The van der Waals surface area contributed by atoms with Gasteiger partial charge in [-0.15, -0.1) is 0 Å².